The maximum atomic E-state index is 12.8. The number of carboxylic acids is 2. The highest BCUT2D eigenvalue weighted by Gasteiger charge is 2.32. The van der Waals surface area contributed by atoms with Crippen molar-refractivity contribution in [3.05, 3.63) is 20.9 Å². The molecule has 2 aromatic rings. The van der Waals surface area contributed by atoms with E-state index in [2.05, 4.69) is 6.92 Å². The van der Waals surface area contributed by atoms with E-state index in [9.17, 15) is 19.8 Å². The van der Waals surface area contributed by atoms with Crippen molar-refractivity contribution in [2.75, 3.05) is 0 Å². The number of rotatable bonds is 7. The fourth-order valence-corrected chi connectivity index (χ4v) is 10.9. The molecule has 6 heteroatoms. The molecule has 0 spiro atoms. The summed E-state index contributed by atoms with van der Waals surface area (Å²) in [5, 5.41) is 21.0. The standard InChI is InChI=1S/C36H56O4S2/c1-2-3-19-26-20-13-11-12-16-24-28(25-18-17-21-26)32-30(36(39)40)34-33(42-32)29(35(37)38)31(41-34)27-22-14-9-7-5-4-6-8-10-15-23-27/h26-28H,2-25H2,1H3,(H,37,38)(H,39,40). The molecule has 2 aliphatic carbocycles. The quantitative estimate of drug-likeness (QED) is 0.324. The zero-order valence-corrected chi connectivity index (χ0v) is 27.9. The number of hydrogen-bond donors (Lipinski definition) is 2. The molecule has 2 fully saturated rings. The molecule has 2 saturated carbocycles. The first-order valence-corrected chi connectivity index (χ1v) is 19.2. The van der Waals surface area contributed by atoms with E-state index < -0.39 is 11.9 Å². The molecule has 2 aliphatic rings. The highest BCUT2D eigenvalue weighted by atomic mass is 32.1. The zero-order chi connectivity index (χ0) is 29.7. The van der Waals surface area contributed by atoms with Gasteiger partial charge in [-0.3, -0.25) is 0 Å². The lowest BCUT2D eigenvalue weighted by Gasteiger charge is -2.21. The van der Waals surface area contributed by atoms with Crippen LogP contribution in [0.4, 0.5) is 0 Å². The van der Waals surface area contributed by atoms with Gasteiger partial charge in [-0.05, 0) is 43.4 Å². The van der Waals surface area contributed by atoms with Crippen molar-refractivity contribution in [1.82, 2.24) is 0 Å². The van der Waals surface area contributed by atoms with Crippen molar-refractivity contribution >= 4 is 44.0 Å². The van der Waals surface area contributed by atoms with E-state index in [0.717, 1.165) is 76.4 Å². The highest BCUT2D eigenvalue weighted by molar-refractivity contribution is 7.29. The third kappa shape index (κ3) is 9.30. The molecule has 2 heterocycles. The summed E-state index contributed by atoms with van der Waals surface area (Å²) in [5.74, 6) is -0.445. The number of unbranched alkanes of at least 4 members (excludes halogenated alkanes) is 1. The molecule has 0 amide bonds. The first kappa shape index (κ1) is 33.5. The Labute approximate surface area is 262 Å². The first-order chi connectivity index (χ1) is 20.5. The van der Waals surface area contributed by atoms with Gasteiger partial charge < -0.3 is 10.2 Å². The number of thiophene rings is 2. The van der Waals surface area contributed by atoms with Crippen LogP contribution in [0.15, 0.2) is 0 Å². The summed E-state index contributed by atoms with van der Waals surface area (Å²) in [6.45, 7) is 2.28. The van der Waals surface area contributed by atoms with Crippen molar-refractivity contribution in [3.8, 4) is 0 Å². The van der Waals surface area contributed by atoms with Crippen molar-refractivity contribution in [1.29, 1.82) is 0 Å². The van der Waals surface area contributed by atoms with Crippen LogP contribution in [-0.4, -0.2) is 22.2 Å². The normalized spacial score (nSPS) is 23.4. The summed E-state index contributed by atoms with van der Waals surface area (Å²) in [6, 6.07) is 0. The van der Waals surface area contributed by atoms with Gasteiger partial charge in [0.15, 0.2) is 0 Å². The molecule has 4 nitrogen and oxygen atoms in total. The van der Waals surface area contributed by atoms with Crippen LogP contribution in [0, 0.1) is 5.92 Å². The Morgan fingerprint density at radius 1 is 0.571 bits per heavy atom. The maximum absolute atomic E-state index is 12.8. The van der Waals surface area contributed by atoms with Gasteiger partial charge in [0, 0.05) is 9.75 Å². The summed E-state index contributed by atoms with van der Waals surface area (Å²) in [7, 11) is 0. The molecule has 0 aromatic carbocycles. The zero-order valence-electron chi connectivity index (χ0n) is 26.2. The molecule has 0 radical (unpaired) electrons. The number of fused-ring (bicyclic) bond motifs is 1. The van der Waals surface area contributed by atoms with Gasteiger partial charge in [-0.1, -0.05) is 135 Å². The molecule has 42 heavy (non-hydrogen) atoms. The van der Waals surface area contributed by atoms with Crippen LogP contribution in [0.5, 0.6) is 0 Å². The van der Waals surface area contributed by atoms with E-state index >= 15 is 0 Å². The average molecular weight is 617 g/mol. The average Bonchev–Trinajstić information content (AvgIpc) is 3.49. The van der Waals surface area contributed by atoms with Gasteiger partial charge in [0.2, 0.25) is 0 Å². The fourth-order valence-electron chi connectivity index (χ4n) is 7.71. The Balaban J connectivity index is 1.61. The van der Waals surface area contributed by atoms with E-state index in [1.165, 1.54) is 125 Å². The second-order valence-corrected chi connectivity index (χ2v) is 15.5. The summed E-state index contributed by atoms with van der Waals surface area (Å²) >= 11 is 3.03. The molecule has 2 unspecified atom stereocenters. The van der Waals surface area contributed by atoms with Gasteiger partial charge in [0.1, 0.15) is 0 Å². The Bertz CT molecular complexity index is 1100. The predicted octanol–water partition coefficient (Wildman–Crippen LogP) is 12.6. The number of hydrogen-bond acceptors (Lipinski definition) is 4. The topological polar surface area (TPSA) is 74.6 Å². The molecular weight excluding hydrogens is 561 g/mol. The third-order valence-corrected chi connectivity index (χ3v) is 13.0. The van der Waals surface area contributed by atoms with Crippen molar-refractivity contribution < 1.29 is 19.8 Å². The summed E-state index contributed by atoms with van der Waals surface area (Å²) in [6.07, 6.45) is 29.2. The lowest BCUT2D eigenvalue weighted by Crippen LogP contribution is -2.07. The van der Waals surface area contributed by atoms with Crippen LogP contribution in [0.1, 0.15) is 203 Å². The van der Waals surface area contributed by atoms with Gasteiger partial charge in [-0.25, -0.2) is 9.59 Å². The smallest absolute Gasteiger partial charge is 0.338 e. The Hall–Kier alpha value is -1.40. The molecular formula is C36H56O4S2. The van der Waals surface area contributed by atoms with Crippen LogP contribution in [0.2, 0.25) is 0 Å². The minimum atomic E-state index is -0.871. The van der Waals surface area contributed by atoms with Gasteiger partial charge in [-0.15, -0.1) is 22.7 Å². The Morgan fingerprint density at radius 3 is 1.29 bits per heavy atom. The van der Waals surface area contributed by atoms with Crippen LogP contribution in [0.3, 0.4) is 0 Å². The molecule has 4 rings (SSSR count). The lowest BCUT2D eigenvalue weighted by atomic mass is 9.86. The Morgan fingerprint density at radius 2 is 0.905 bits per heavy atom. The SMILES string of the molecule is CCCCC1CCCCCCC(c2sc3c(C(=O)O)c(C4CCCCCCCCCCC4)sc3c2C(=O)O)CCCC1. The van der Waals surface area contributed by atoms with Crippen molar-refractivity contribution in [2.45, 2.75) is 173 Å². The maximum Gasteiger partial charge on any atom is 0.338 e. The largest absolute Gasteiger partial charge is 0.478 e. The lowest BCUT2D eigenvalue weighted by molar-refractivity contribution is 0.0686. The van der Waals surface area contributed by atoms with Crippen LogP contribution in [0.25, 0.3) is 9.40 Å². The first-order valence-electron chi connectivity index (χ1n) is 17.6. The molecule has 2 aromatic heterocycles. The van der Waals surface area contributed by atoms with E-state index in [0.29, 0.717) is 11.1 Å². The number of carbonyl (C=O) groups is 2. The van der Waals surface area contributed by atoms with Crippen LogP contribution >= 0.6 is 22.7 Å². The molecule has 0 saturated heterocycles. The number of carboxylic acid groups (broad SMARTS) is 2. The van der Waals surface area contributed by atoms with Gasteiger partial charge in [-0.2, -0.15) is 0 Å². The molecule has 0 aliphatic heterocycles. The van der Waals surface area contributed by atoms with E-state index in [-0.39, 0.29) is 11.8 Å². The third-order valence-electron chi connectivity index (χ3n) is 10.1. The Kier molecular flexibility index (Phi) is 14.2. The second kappa shape index (κ2) is 17.8. The van der Waals surface area contributed by atoms with Gasteiger partial charge >= 0.3 is 11.9 Å². The van der Waals surface area contributed by atoms with E-state index in [4.69, 9.17) is 0 Å². The van der Waals surface area contributed by atoms with E-state index in [1.54, 1.807) is 0 Å². The molecule has 0 bridgehead atoms. The van der Waals surface area contributed by atoms with E-state index in [1.807, 2.05) is 0 Å². The van der Waals surface area contributed by atoms with Gasteiger partial charge in [0.25, 0.3) is 0 Å². The summed E-state index contributed by atoms with van der Waals surface area (Å²) in [5.41, 5.74) is 0.859. The molecule has 2 N–H and O–H groups in total. The second-order valence-electron chi connectivity index (χ2n) is 13.4. The highest BCUT2D eigenvalue weighted by Crippen LogP contribution is 2.49. The van der Waals surface area contributed by atoms with Gasteiger partial charge in [0.05, 0.1) is 20.5 Å². The van der Waals surface area contributed by atoms with Crippen molar-refractivity contribution in [2.24, 2.45) is 5.92 Å². The van der Waals surface area contributed by atoms with Crippen LogP contribution in [-0.2, 0) is 0 Å². The fraction of sp³-hybridized carbons (Fsp3) is 0.778. The molecule has 2 atom stereocenters. The number of aromatic carboxylic acids is 2. The molecule has 236 valence electrons. The summed E-state index contributed by atoms with van der Waals surface area (Å²) < 4.78 is 1.48. The summed E-state index contributed by atoms with van der Waals surface area (Å²) in [4.78, 5) is 27.6. The van der Waals surface area contributed by atoms with Crippen molar-refractivity contribution in [3.63, 3.8) is 0 Å². The monoisotopic (exact) mass is 616 g/mol. The minimum Gasteiger partial charge on any atom is -0.478 e. The predicted molar refractivity (Wildman–Crippen MR) is 179 cm³/mol. The van der Waals surface area contributed by atoms with Crippen LogP contribution < -0.4 is 0 Å². The minimum absolute atomic E-state index is 0.223.